The molecule has 1 aromatic rings. The van der Waals surface area contributed by atoms with E-state index in [9.17, 15) is 17.4 Å². The van der Waals surface area contributed by atoms with Crippen LogP contribution in [0.15, 0.2) is 21.5 Å². The summed E-state index contributed by atoms with van der Waals surface area (Å²) in [6, 6.07) is 2.78. The molecule has 21 heavy (non-hydrogen) atoms. The van der Waals surface area contributed by atoms with E-state index in [1.807, 2.05) is 0 Å². The van der Waals surface area contributed by atoms with Crippen LogP contribution in [0.5, 0.6) is 0 Å². The molecule has 1 amide bonds. The molecule has 5 nitrogen and oxygen atoms in total. The second-order valence-corrected chi connectivity index (χ2v) is 9.35. The Bertz CT molecular complexity index is 676. The van der Waals surface area contributed by atoms with Crippen molar-refractivity contribution in [3.05, 3.63) is 27.7 Å². The van der Waals surface area contributed by atoms with Gasteiger partial charge in [0, 0.05) is 50.1 Å². The summed E-state index contributed by atoms with van der Waals surface area (Å²) in [4.78, 5) is 11.9. The van der Waals surface area contributed by atoms with Crippen LogP contribution in [0, 0.1) is 6.92 Å². The zero-order valence-corrected chi connectivity index (χ0v) is 15.5. The number of nitrogens with one attached hydrogen (secondary N) is 1. The van der Waals surface area contributed by atoms with Gasteiger partial charge in [-0.15, -0.1) is 0 Å². The molecule has 0 saturated heterocycles. The van der Waals surface area contributed by atoms with E-state index in [2.05, 4.69) is 21.2 Å². The average molecular weight is 417 g/mol. The molecule has 0 aliphatic heterocycles. The van der Waals surface area contributed by atoms with Crippen LogP contribution in [0.4, 0.5) is 0 Å². The largest absolute Gasteiger partial charge is 0.352 e. The first-order chi connectivity index (χ1) is 9.62. The van der Waals surface area contributed by atoms with Crippen molar-refractivity contribution in [1.29, 1.82) is 0 Å². The maximum absolute atomic E-state index is 12.0. The third-order valence-electron chi connectivity index (χ3n) is 2.72. The van der Waals surface area contributed by atoms with Crippen LogP contribution in [0.2, 0.25) is 0 Å². The van der Waals surface area contributed by atoms with Crippen molar-refractivity contribution in [1.82, 2.24) is 5.32 Å². The standard InChI is InChI=1S/C12H15BrClNO4S2/c1-8-10(13)6-9(7-11(8)21(14,18)19)12(16)15-4-3-5-20(2)17/h6-7H,3-5H2,1-2H3,(H,15,16). The lowest BCUT2D eigenvalue weighted by Gasteiger charge is -2.09. The first kappa shape index (κ1) is 18.6. The van der Waals surface area contributed by atoms with Gasteiger partial charge in [-0.2, -0.15) is 0 Å². The van der Waals surface area contributed by atoms with Gasteiger partial charge in [0.25, 0.3) is 15.0 Å². The second-order valence-electron chi connectivity index (χ2n) is 4.41. The van der Waals surface area contributed by atoms with Crippen molar-refractivity contribution in [2.75, 3.05) is 18.6 Å². The molecule has 1 aromatic carbocycles. The van der Waals surface area contributed by atoms with E-state index in [4.69, 9.17) is 10.7 Å². The third-order valence-corrected chi connectivity index (χ3v) is 5.85. The number of rotatable bonds is 6. The normalized spacial score (nSPS) is 13.0. The number of halogens is 2. The topological polar surface area (TPSA) is 80.3 Å². The molecule has 1 rings (SSSR count). The maximum Gasteiger partial charge on any atom is 0.261 e. The van der Waals surface area contributed by atoms with Crippen LogP contribution in [0.1, 0.15) is 22.3 Å². The Balaban J connectivity index is 2.91. The predicted octanol–water partition coefficient (Wildman–Crippen LogP) is 2.18. The van der Waals surface area contributed by atoms with Crippen LogP contribution in [0.25, 0.3) is 0 Å². The molecule has 1 atom stereocenters. The molecule has 118 valence electrons. The third kappa shape index (κ3) is 5.69. The van der Waals surface area contributed by atoms with Gasteiger partial charge in [-0.1, -0.05) is 15.9 Å². The molecule has 0 aliphatic rings. The first-order valence-corrected chi connectivity index (χ1v) is 10.8. The Hall–Kier alpha value is -0.440. The Kier molecular flexibility index (Phi) is 6.83. The zero-order chi connectivity index (χ0) is 16.2. The summed E-state index contributed by atoms with van der Waals surface area (Å²) < 4.78 is 34.4. The summed E-state index contributed by atoms with van der Waals surface area (Å²) >= 11 is 3.22. The quantitative estimate of drug-likeness (QED) is 0.569. The summed E-state index contributed by atoms with van der Waals surface area (Å²) in [5, 5.41) is 2.65. The molecular weight excluding hydrogens is 402 g/mol. The zero-order valence-electron chi connectivity index (χ0n) is 11.5. The highest BCUT2D eigenvalue weighted by Gasteiger charge is 2.19. The highest BCUT2D eigenvalue weighted by molar-refractivity contribution is 9.10. The van der Waals surface area contributed by atoms with Crippen LogP contribution < -0.4 is 5.32 Å². The maximum atomic E-state index is 12.0. The van der Waals surface area contributed by atoms with Crippen LogP contribution in [0.3, 0.4) is 0 Å². The van der Waals surface area contributed by atoms with E-state index in [0.29, 0.717) is 28.8 Å². The highest BCUT2D eigenvalue weighted by Crippen LogP contribution is 2.28. The van der Waals surface area contributed by atoms with Crippen molar-refractivity contribution >= 4 is 52.4 Å². The monoisotopic (exact) mass is 415 g/mol. The van der Waals surface area contributed by atoms with Gasteiger partial charge in [0.15, 0.2) is 0 Å². The number of carbonyl (C=O) groups is 1. The van der Waals surface area contributed by atoms with Gasteiger partial charge >= 0.3 is 0 Å². The summed E-state index contributed by atoms with van der Waals surface area (Å²) in [6.07, 6.45) is 2.18. The summed E-state index contributed by atoms with van der Waals surface area (Å²) in [6.45, 7) is 1.96. The minimum atomic E-state index is -3.93. The van der Waals surface area contributed by atoms with Gasteiger partial charge in [0.2, 0.25) is 0 Å². The van der Waals surface area contributed by atoms with E-state index in [-0.39, 0.29) is 10.5 Å². The van der Waals surface area contributed by atoms with Crippen LogP contribution in [-0.2, 0) is 19.9 Å². The van der Waals surface area contributed by atoms with Gasteiger partial charge in [-0.25, -0.2) is 8.42 Å². The molecule has 0 radical (unpaired) electrons. The SMILES string of the molecule is Cc1c(Br)cc(C(=O)NCCCS(C)=O)cc1S(=O)(=O)Cl. The summed E-state index contributed by atoms with van der Waals surface area (Å²) in [7, 11) is 0.531. The molecule has 0 aromatic heterocycles. The Morgan fingerprint density at radius 1 is 1.43 bits per heavy atom. The van der Waals surface area contributed by atoms with Crippen molar-refractivity contribution < 1.29 is 17.4 Å². The average Bonchev–Trinajstić information content (AvgIpc) is 2.35. The smallest absolute Gasteiger partial charge is 0.261 e. The lowest BCUT2D eigenvalue weighted by atomic mass is 10.1. The minimum absolute atomic E-state index is 0.0987. The van der Waals surface area contributed by atoms with E-state index >= 15 is 0 Å². The molecule has 1 N–H and O–H groups in total. The molecular formula is C12H15BrClNO4S2. The predicted molar refractivity (Wildman–Crippen MR) is 87.8 cm³/mol. The van der Waals surface area contributed by atoms with E-state index in [0.717, 1.165) is 0 Å². The van der Waals surface area contributed by atoms with E-state index in [1.54, 1.807) is 13.2 Å². The number of hydrogen-bond acceptors (Lipinski definition) is 4. The van der Waals surface area contributed by atoms with Crippen molar-refractivity contribution in [2.45, 2.75) is 18.2 Å². The minimum Gasteiger partial charge on any atom is -0.352 e. The number of benzene rings is 1. The van der Waals surface area contributed by atoms with E-state index < -0.39 is 25.8 Å². The Labute approximate surface area is 139 Å². The molecule has 9 heteroatoms. The highest BCUT2D eigenvalue weighted by atomic mass is 79.9. The summed E-state index contributed by atoms with van der Waals surface area (Å²) in [5.41, 5.74) is 0.646. The fourth-order valence-electron chi connectivity index (χ4n) is 1.62. The van der Waals surface area contributed by atoms with Crippen LogP contribution in [-0.4, -0.2) is 37.1 Å². The molecule has 1 unspecified atom stereocenters. The van der Waals surface area contributed by atoms with Gasteiger partial charge in [0.05, 0.1) is 4.90 Å². The number of carbonyl (C=O) groups excluding carboxylic acids is 1. The van der Waals surface area contributed by atoms with Gasteiger partial charge < -0.3 is 5.32 Å². The fraction of sp³-hybridized carbons (Fsp3) is 0.417. The molecule has 0 heterocycles. The Morgan fingerprint density at radius 2 is 2.05 bits per heavy atom. The first-order valence-electron chi connectivity index (χ1n) is 5.96. The van der Waals surface area contributed by atoms with Crippen molar-refractivity contribution in [2.24, 2.45) is 0 Å². The van der Waals surface area contributed by atoms with Crippen molar-refractivity contribution in [3.8, 4) is 0 Å². The van der Waals surface area contributed by atoms with Gasteiger partial charge in [0.1, 0.15) is 0 Å². The number of amides is 1. The lowest BCUT2D eigenvalue weighted by molar-refractivity contribution is 0.0953. The van der Waals surface area contributed by atoms with Gasteiger partial charge in [-0.3, -0.25) is 9.00 Å². The molecule has 0 bridgehead atoms. The number of hydrogen-bond donors (Lipinski definition) is 1. The summed E-state index contributed by atoms with van der Waals surface area (Å²) in [5.74, 6) is 0.0956. The molecule has 0 spiro atoms. The van der Waals surface area contributed by atoms with Crippen LogP contribution >= 0.6 is 26.6 Å². The van der Waals surface area contributed by atoms with Crippen molar-refractivity contribution in [3.63, 3.8) is 0 Å². The van der Waals surface area contributed by atoms with Gasteiger partial charge in [-0.05, 0) is 31.0 Å². The second kappa shape index (κ2) is 7.71. The molecule has 0 saturated carbocycles. The Morgan fingerprint density at radius 3 is 2.57 bits per heavy atom. The molecule has 0 fully saturated rings. The fourth-order valence-corrected chi connectivity index (χ4v) is 3.98. The van der Waals surface area contributed by atoms with E-state index in [1.165, 1.54) is 12.1 Å². The molecule has 0 aliphatic carbocycles. The lowest BCUT2D eigenvalue weighted by Crippen LogP contribution is -2.25.